The minimum atomic E-state index is 0.0251. The van der Waals surface area contributed by atoms with Gasteiger partial charge in [0.1, 0.15) is 10.6 Å². The Morgan fingerprint density at radius 1 is 1.17 bits per heavy atom. The summed E-state index contributed by atoms with van der Waals surface area (Å²) in [6, 6.07) is 9.62. The van der Waals surface area contributed by atoms with E-state index in [0.29, 0.717) is 22.1 Å². The highest BCUT2D eigenvalue weighted by Crippen LogP contribution is 2.27. The summed E-state index contributed by atoms with van der Waals surface area (Å²) < 4.78 is 5.18. The van der Waals surface area contributed by atoms with Crippen molar-refractivity contribution in [2.75, 3.05) is 7.11 Å². The van der Waals surface area contributed by atoms with E-state index in [1.54, 1.807) is 7.11 Å². The molecular weight excluding hydrogens is 244 g/mol. The van der Waals surface area contributed by atoms with E-state index < -0.39 is 0 Å². The van der Waals surface area contributed by atoms with E-state index in [4.69, 9.17) is 4.74 Å². The van der Waals surface area contributed by atoms with Crippen LogP contribution in [0.1, 0.15) is 40.6 Å². The van der Waals surface area contributed by atoms with Crippen molar-refractivity contribution in [3.8, 4) is 5.75 Å². The minimum absolute atomic E-state index is 0.0251. The van der Waals surface area contributed by atoms with Crippen molar-refractivity contribution >= 4 is 17.1 Å². The van der Waals surface area contributed by atoms with Gasteiger partial charge in [0.05, 0.1) is 7.11 Å². The van der Waals surface area contributed by atoms with Gasteiger partial charge in [-0.05, 0) is 22.9 Å². The number of hydrogen-bond acceptors (Lipinski definition) is 3. The van der Waals surface area contributed by atoms with Gasteiger partial charge in [0.15, 0.2) is 0 Å². The lowest BCUT2D eigenvalue weighted by Gasteiger charge is -2.06. The summed E-state index contributed by atoms with van der Waals surface area (Å²) >= 11 is 1.41. The van der Waals surface area contributed by atoms with E-state index in [0.717, 1.165) is 0 Å². The fraction of sp³-hybridized carbons (Fsp3) is 0.267. The predicted molar refractivity (Wildman–Crippen MR) is 74.8 cm³/mol. The summed E-state index contributed by atoms with van der Waals surface area (Å²) in [4.78, 5) is 13.0. The summed E-state index contributed by atoms with van der Waals surface area (Å²) in [6.45, 7) is 4.28. The molecule has 0 aliphatic rings. The van der Waals surface area contributed by atoms with Crippen LogP contribution in [0.15, 0.2) is 35.7 Å². The van der Waals surface area contributed by atoms with Crippen molar-refractivity contribution in [2.24, 2.45) is 0 Å². The lowest BCUT2D eigenvalue weighted by Crippen LogP contribution is -2.01. The van der Waals surface area contributed by atoms with Crippen LogP contribution in [0.4, 0.5) is 0 Å². The average Bonchev–Trinajstić information content (AvgIpc) is 2.86. The standard InChI is InChI=1S/C15H16O2S/c1-10(2)11-4-6-12(7-5-11)14(16)15-13(17-3)8-9-18-15/h4-10H,1-3H3. The molecule has 1 aromatic heterocycles. The Bertz CT molecular complexity index is 538. The van der Waals surface area contributed by atoms with Crippen LogP contribution in [0.25, 0.3) is 0 Å². The molecule has 0 aliphatic heterocycles. The number of carbonyl (C=O) groups excluding carboxylic acids is 1. The van der Waals surface area contributed by atoms with Gasteiger partial charge in [-0.2, -0.15) is 0 Å². The van der Waals surface area contributed by atoms with Gasteiger partial charge in [0.2, 0.25) is 5.78 Å². The van der Waals surface area contributed by atoms with E-state index in [9.17, 15) is 4.79 Å². The molecule has 94 valence electrons. The third-order valence-electron chi connectivity index (χ3n) is 2.89. The summed E-state index contributed by atoms with van der Waals surface area (Å²) in [5.74, 6) is 1.15. The Morgan fingerprint density at radius 2 is 1.83 bits per heavy atom. The average molecular weight is 260 g/mol. The quantitative estimate of drug-likeness (QED) is 0.773. The lowest BCUT2D eigenvalue weighted by atomic mass is 10.00. The molecule has 2 aromatic rings. The van der Waals surface area contributed by atoms with Gasteiger partial charge in [0, 0.05) is 5.56 Å². The zero-order valence-corrected chi connectivity index (χ0v) is 11.6. The highest BCUT2D eigenvalue weighted by atomic mass is 32.1. The Labute approximate surface area is 111 Å². The van der Waals surface area contributed by atoms with Gasteiger partial charge in [-0.1, -0.05) is 38.1 Å². The monoisotopic (exact) mass is 260 g/mol. The number of hydrogen-bond donors (Lipinski definition) is 0. The second-order valence-electron chi connectivity index (χ2n) is 4.42. The number of ether oxygens (including phenoxy) is 1. The second kappa shape index (κ2) is 5.36. The van der Waals surface area contributed by atoms with Crippen molar-refractivity contribution in [1.82, 2.24) is 0 Å². The second-order valence-corrected chi connectivity index (χ2v) is 5.34. The molecule has 0 unspecified atom stereocenters. The molecule has 0 bridgehead atoms. The molecule has 0 saturated heterocycles. The van der Waals surface area contributed by atoms with Gasteiger partial charge >= 0.3 is 0 Å². The van der Waals surface area contributed by atoms with Crippen LogP contribution in [0.2, 0.25) is 0 Å². The largest absolute Gasteiger partial charge is 0.495 e. The summed E-state index contributed by atoms with van der Waals surface area (Å²) in [7, 11) is 1.58. The van der Waals surface area contributed by atoms with E-state index in [-0.39, 0.29) is 5.78 Å². The highest BCUT2D eigenvalue weighted by molar-refractivity contribution is 7.12. The predicted octanol–water partition coefficient (Wildman–Crippen LogP) is 4.11. The summed E-state index contributed by atoms with van der Waals surface area (Å²) in [5.41, 5.74) is 1.95. The first-order valence-corrected chi connectivity index (χ1v) is 6.77. The number of thiophene rings is 1. The Kier molecular flexibility index (Phi) is 3.82. The zero-order valence-electron chi connectivity index (χ0n) is 10.8. The highest BCUT2D eigenvalue weighted by Gasteiger charge is 2.15. The molecule has 0 radical (unpaired) electrons. The minimum Gasteiger partial charge on any atom is -0.495 e. The third-order valence-corrected chi connectivity index (χ3v) is 3.79. The van der Waals surface area contributed by atoms with Crippen LogP contribution < -0.4 is 4.74 Å². The number of benzene rings is 1. The molecule has 3 heteroatoms. The first-order valence-electron chi connectivity index (χ1n) is 5.89. The molecule has 0 saturated carbocycles. The van der Waals surface area contributed by atoms with Crippen molar-refractivity contribution in [3.05, 3.63) is 51.7 Å². The van der Waals surface area contributed by atoms with E-state index in [2.05, 4.69) is 13.8 Å². The van der Waals surface area contributed by atoms with Gasteiger partial charge in [-0.3, -0.25) is 4.79 Å². The van der Waals surface area contributed by atoms with Crippen LogP contribution in [-0.4, -0.2) is 12.9 Å². The molecule has 0 fully saturated rings. The summed E-state index contributed by atoms with van der Waals surface area (Å²) in [6.07, 6.45) is 0. The third kappa shape index (κ3) is 2.46. The molecule has 2 nitrogen and oxygen atoms in total. The SMILES string of the molecule is COc1ccsc1C(=O)c1ccc(C(C)C)cc1. The first-order chi connectivity index (χ1) is 8.63. The molecule has 0 N–H and O–H groups in total. The van der Waals surface area contributed by atoms with Crippen molar-refractivity contribution in [1.29, 1.82) is 0 Å². The van der Waals surface area contributed by atoms with Crippen LogP contribution in [0.5, 0.6) is 5.75 Å². The molecule has 0 atom stereocenters. The van der Waals surface area contributed by atoms with Gasteiger partial charge in [-0.15, -0.1) is 11.3 Å². The van der Waals surface area contributed by atoms with E-state index in [1.165, 1.54) is 16.9 Å². The maximum Gasteiger partial charge on any atom is 0.206 e. The first kappa shape index (κ1) is 12.8. The number of rotatable bonds is 4. The van der Waals surface area contributed by atoms with Gasteiger partial charge in [-0.25, -0.2) is 0 Å². The molecule has 2 rings (SSSR count). The molecule has 0 spiro atoms. The Morgan fingerprint density at radius 3 is 2.39 bits per heavy atom. The molecule has 0 aliphatic carbocycles. The van der Waals surface area contributed by atoms with Crippen LogP contribution in [0, 0.1) is 0 Å². The number of ketones is 1. The van der Waals surface area contributed by atoms with Crippen molar-refractivity contribution < 1.29 is 9.53 Å². The molecule has 18 heavy (non-hydrogen) atoms. The van der Waals surface area contributed by atoms with Gasteiger partial charge in [0.25, 0.3) is 0 Å². The van der Waals surface area contributed by atoms with E-state index >= 15 is 0 Å². The fourth-order valence-electron chi connectivity index (χ4n) is 1.77. The maximum atomic E-state index is 12.3. The fourth-order valence-corrected chi connectivity index (χ4v) is 2.59. The smallest absolute Gasteiger partial charge is 0.206 e. The van der Waals surface area contributed by atoms with Crippen molar-refractivity contribution in [3.63, 3.8) is 0 Å². The van der Waals surface area contributed by atoms with Crippen LogP contribution in [0.3, 0.4) is 0 Å². The molecule has 0 amide bonds. The number of methoxy groups -OCH3 is 1. The topological polar surface area (TPSA) is 26.3 Å². The zero-order chi connectivity index (χ0) is 13.1. The van der Waals surface area contributed by atoms with E-state index in [1.807, 2.05) is 35.7 Å². The molecular formula is C15H16O2S. The van der Waals surface area contributed by atoms with Gasteiger partial charge < -0.3 is 4.74 Å². The lowest BCUT2D eigenvalue weighted by molar-refractivity contribution is 0.104. The Hall–Kier alpha value is -1.61. The summed E-state index contributed by atoms with van der Waals surface area (Å²) in [5, 5.41) is 1.87. The maximum absolute atomic E-state index is 12.3. The van der Waals surface area contributed by atoms with Crippen LogP contribution >= 0.6 is 11.3 Å². The van der Waals surface area contributed by atoms with Crippen molar-refractivity contribution in [2.45, 2.75) is 19.8 Å². The molecule has 1 aromatic carbocycles. The molecule has 1 heterocycles. The Balaban J connectivity index is 2.29. The number of carbonyl (C=O) groups is 1. The normalized spacial score (nSPS) is 10.7. The van der Waals surface area contributed by atoms with Crippen LogP contribution in [-0.2, 0) is 0 Å².